The minimum absolute atomic E-state index is 0.0252. The van der Waals surface area contributed by atoms with Gasteiger partial charge >= 0.3 is 5.97 Å². The van der Waals surface area contributed by atoms with Crippen molar-refractivity contribution < 1.29 is 9.53 Å². The van der Waals surface area contributed by atoms with Gasteiger partial charge in [-0.25, -0.2) is 0 Å². The Hall–Kier alpha value is -0.610. The van der Waals surface area contributed by atoms with Crippen molar-refractivity contribution in [3.8, 4) is 0 Å². The van der Waals surface area contributed by atoms with Gasteiger partial charge in [-0.05, 0) is 25.7 Å². The molecular formula is C8H16N2O2. The molecule has 4 N–H and O–H groups in total. The molecule has 1 fully saturated rings. The average molecular weight is 172 g/mol. The quantitative estimate of drug-likeness (QED) is 0.563. The lowest BCUT2D eigenvalue weighted by atomic mass is 9.94. The Morgan fingerprint density at radius 1 is 1.33 bits per heavy atom. The minimum atomic E-state index is -0.310. The molecule has 4 heteroatoms. The Kier molecular flexibility index (Phi) is 3.49. The van der Waals surface area contributed by atoms with E-state index in [4.69, 9.17) is 16.2 Å². The fourth-order valence-corrected chi connectivity index (χ4v) is 1.44. The third-order valence-corrected chi connectivity index (χ3v) is 2.18. The summed E-state index contributed by atoms with van der Waals surface area (Å²) in [6, 6.07) is 0.290. The summed E-state index contributed by atoms with van der Waals surface area (Å²) in [7, 11) is 0. The zero-order valence-corrected chi connectivity index (χ0v) is 7.16. The van der Waals surface area contributed by atoms with Gasteiger partial charge in [0.05, 0.1) is 6.54 Å². The van der Waals surface area contributed by atoms with E-state index >= 15 is 0 Å². The predicted molar refractivity (Wildman–Crippen MR) is 45.4 cm³/mol. The van der Waals surface area contributed by atoms with Gasteiger partial charge in [-0.1, -0.05) is 0 Å². The van der Waals surface area contributed by atoms with Crippen molar-refractivity contribution in [3.63, 3.8) is 0 Å². The molecule has 1 saturated carbocycles. The lowest BCUT2D eigenvalue weighted by Crippen LogP contribution is -2.32. The summed E-state index contributed by atoms with van der Waals surface area (Å²) in [5, 5.41) is 0. The van der Waals surface area contributed by atoms with Crippen molar-refractivity contribution in [1.82, 2.24) is 0 Å². The molecule has 0 amide bonds. The maximum absolute atomic E-state index is 10.8. The molecule has 12 heavy (non-hydrogen) atoms. The summed E-state index contributed by atoms with van der Waals surface area (Å²) in [6.45, 7) is -0.0252. The van der Waals surface area contributed by atoms with Crippen molar-refractivity contribution >= 4 is 5.97 Å². The number of nitrogens with two attached hydrogens (primary N) is 2. The van der Waals surface area contributed by atoms with Crippen molar-refractivity contribution in [2.24, 2.45) is 11.5 Å². The summed E-state index contributed by atoms with van der Waals surface area (Å²) in [4.78, 5) is 10.8. The third-order valence-electron chi connectivity index (χ3n) is 2.18. The number of hydrogen-bond acceptors (Lipinski definition) is 4. The molecule has 0 aromatic heterocycles. The third kappa shape index (κ3) is 2.79. The van der Waals surface area contributed by atoms with E-state index < -0.39 is 0 Å². The van der Waals surface area contributed by atoms with Crippen LogP contribution in [0.3, 0.4) is 0 Å². The van der Waals surface area contributed by atoms with Gasteiger partial charge in [0.25, 0.3) is 0 Å². The second kappa shape index (κ2) is 4.42. The Bertz CT molecular complexity index is 153. The first-order valence-corrected chi connectivity index (χ1v) is 4.37. The van der Waals surface area contributed by atoms with Crippen LogP contribution >= 0.6 is 0 Å². The fraction of sp³-hybridized carbons (Fsp3) is 0.875. The highest BCUT2D eigenvalue weighted by Crippen LogP contribution is 2.19. The first-order chi connectivity index (χ1) is 5.72. The lowest BCUT2D eigenvalue weighted by molar-refractivity contribution is -0.148. The van der Waals surface area contributed by atoms with Crippen molar-refractivity contribution in [3.05, 3.63) is 0 Å². The van der Waals surface area contributed by atoms with Gasteiger partial charge < -0.3 is 16.2 Å². The van der Waals surface area contributed by atoms with Gasteiger partial charge in [-0.2, -0.15) is 0 Å². The molecule has 1 aliphatic rings. The monoisotopic (exact) mass is 172 g/mol. The van der Waals surface area contributed by atoms with Gasteiger partial charge in [0.15, 0.2) is 0 Å². The van der Waals surface area contributed by atoms with Crippen molar-refractivity contribution in [2.45, 2.75) is 37.8 Å². The Morgan fingerprint density at radius 3 is 2.42 bits per heavy atom. The highest BCUT2D eigenvalue weighted by Gasteiger charge is 2.20. The molecule has 0 aromatic rings. The molecule has 0 heterocycles. The summed E-state index contributed by atoms with van der Waals surface area (Å²) < 4.78 is 5.07. The molecule has 0 aliphatic heterocycles. The molecule has 0 atom stereocenters. The zero-order chi connectivity index (χ0) is 8.97. The van der Waals surface area contributed by atoms with Gasteiger partial charge in [-0.3, -0.25) is 4.79 Å². The maximum atomic E-state index is 10.8. The normalized spacial score (nSPS) is 29.8. The molecule has 70 valence electrons. The Balaban J connectivity index is 2.21. The summed E-state index contributed by atoms with van der Waals surface area (Å²) in [6.07, 6.45) is 3.71. The maximum Gasteiger partial charge on any atom is 0.319 e. The summed E-state index contributed by atoms with van der Waals surface area (Å²) >= 11 is 0. The van der Waals surface area contributed by atoms with E-state index in [9.17, 15) is 4.79 Å². The number of esters is 1. The van der Waals surface area contributed by atoms with Crippen LogP contribution in [0.1, 0.15) is 25.7 Å². The number of hydrogen-bond donors (Lipinski definition) is 2. The molecule has 0 spiro atoms. The van der Waals surface area contributed by atoms with Crippen LogP contribution in [-0.4, -0.2) is 24.7 Å². The largest absolute Gasteiger partial charge is 0.461 e. The van der Waals surface area contributed by atoms with Crippen molar-refractivity contribution in [1.29, 1.82) is 0 Å². The zero-order valence-electron chi connectivity index (χ0n) is 7.16. The topological polar surface area (TPSA) is 78.3 Å². The molecule has 1 aliphatic carbocycles. The van der Waals surface area contributed by atoms with Gasteiger partial charge in [0, 0.05) is 6.04 Å². The number of rotatable bonds is 2. The number of ether oxygens (including phenoxy) is 1. The summed E-state index contributed by atoms with van der Waals surface area (Å²) in [5.41, 5.74) is 10.8. The molecule has 0 aromatic carbocycles. The molecule has 1 rings (SSSR count). The first kappa shape index (κ1) is 9.48. The van der Waals surface area contributed by atoms with E-state index in [2.05, 4.69) is 0 Å². The smallest absolute Gasteiger partial charge is 0.319 e. The van der Waals surface area contributed by atoms with Crippen LogP contribution in [0, 0.1) is 0 Å². The fourth-order valence-electron chi connectivity index (χ4n) is 1.44. The first-order valence-electron chi connectivity index (χ1n) is 4.37. The predicted octanol–water partition coefficient (Wildman–Crippen LogP) is -0.242. The van der Waals surface area contributed by atoms with Crippen LogP contribution < -0.4 is 11.5 Å². The highest BCUT2D eigenvalue weighted by atomic mass is 16.5. The molecule has 4 nitrogen and oxygen atoms in total. The average Bonchev–Trinajstić information content (AvgIpc) is 2.09. The van der Waals surface area contributed by atoms with Crippen LogP contribution in [-0.2, 0) is 9.53 Å². The molecular weight excluding hydrogens is 156 g/mol. The van der Waals surface area contributed by atoms with E-state index in [1.165, 1.54) is 0 Å². The molecule has 0 radical (unpaired) electrons. The molecule has 0 saturated heterocycles. The van der Waals surface area contributed by atoms with E-state index in [-0.39, 0.29) is 24.7 Å². The van der Waals surface area contributed by atoms with Gasteiger partial charge in [-0.15, -0.1) is 0 Å². The Morgan fingerprint density at radius 2 is 1.92 bits per heavy atom. The number of carbonyl (C=O) groups is 1. The summed E-state index contributed by atoms with van der Waals surface area (Å²) in [5.74, 6) is -0.310. The van der Waals surface area contributed by atoms with E-state index in [1.807, 2.05) is 0 Å². The van der Waals surface area contributed by atoms with Crippen molar-refractivity contribution in [2.75, 3.05) is 6.54 Å². The second-order valence-electron chi connectivity index (χ2n) is 3.23. The number of carbonyl (C=O) groups excluding carboxylic acids is 1. The van der Waals surface area contributed by atoms with Gasteiger partial charge in [0.2, 0.25) is 0 Å². The van der Waals surface area contributed by atoms with E-state index in [1.54, 1.807) is 0 Å². The second-order valence-corrected chi connectivity index (χ2v) is 3.23. The SMILES string of the molecule is NCC(=O)O[C@H]1CC[C@H](N)CC1. The standard InChI is InChI=1S/C8H16N2O2/c9-5-8(11)12-7-3-1-6(10)2-4-7/h6-7H,1-5,9-10H2/t6-,7-. The van der Waals surface area contributed by atoms with Crippen LogP contribution in [0.4, 0.5) is 0 Å². The Labute approximate surface area is 72.2 Å². The lowest BCUT2D eigenvalue weighted by Gasteiger charge is -2.25. The minimum Gasteiger partial charge on any atom is -0.461 e. The highest BCUT2D eigenvalue weighted by molar-refractivity contribution is 5.71. The van der Waals surface area contributed by atoms with Gasteiger partial charge in [0.1, 0.15) is 6.10 Å². The van der Waals surface area contributed by atoms with Crippen LogP contribution in [0.25, 0.3) is 0 Å². The van der Waals surface area contributed by atoms with Crippen LogP contribution in [0.5, 0.6) is 0 Å². The van der Waals surface area contributed by atoms with E-state index in [0.717, 1.165) is 25.7 Å². The molecule has 0 bridgehead atoms. The van der Waals surface area contributed by atoms with Crippen LogP contribution in [0.15, 0.2) is 0 Å². The molecule has 0 unspecified atom stereocenters. The van der Waals surface area contributed by atoms with E-state index in [0.29, 0.717) is 0 Å². The van der Waals surface area contributed by atoms with Crippen LogP contribution in [0.2, 0.25) is 0 Å².